The Morgan fingerprint density at radius 3 is 2.60 bits per heavy atom. The van der Waals surface area contributed by atoms with Gasteiger partial charge in [0.15, 0.2) is 0 Å². The zero-order valence-electron chi connectivity index (χ0n) is 4.73. The molecular formula is C5H10. The summed E-state index contributed by atoms with van der Waals surface area (Å²) >= 11 is 0. The highest BCUT2D eigenvalue weighted by atomic mass is 13.8. The fourth-order valence-electron chi connectivity index (χ4n) is 0. The summed E-state index contributed by atoms with van der Waals surface area (Å²) in [4.78, 5) is 0. The molecule has 0 aliphatic heterocycles. The smallest absolute Gasteiger partial charge is 0.0535 e. The van der Waals surface area contributed by atoms with Gasteiger partial charge in [0.1, 0.15) is 0 Å². The molecule has 0 aromatic rings. The summed E-state index contributed by atoms with van der Waals surface area (Å²) in [6, 6.07) is 0. The molecule has 0 rings (SSSR count). The highest BCUT2D eigenvalue weighted by molar-refractivity contribution is 4.69. The van der Waals surface area contributed by atoms with Gasteiger partial charge < -0.3 is 0 Å². The monoisotopic (exact) mass is 72.1 g/mol. The Morgan fingerprint density at radius 2 is 2.60 bits per heavy atom. The summed E-state index contributed by atoms with van der Waals surface area (Å²) in [5.41, 5.74) is 0. The van der Waals surface area contributed by atoms with Crippen LogP contribution in [0.15, 0.2) is 12.6 Å². The molecule has 0 bridgehead atoms. The van der Waals surface area contributed by atoms with E-state index in [4.69, 9.17) is 1.37 Å². The molecule has 0 saturated heterocycles. The van der Waals surface area contributed by atoms with Gasteiger partial charge in [-0.2, -0.15) is 0 Å². The summed E-state index contributed by atoms with van der Waals surface area (Å²) in [5.74, 6) is 0.530. The average Bonchev–Trinajstić information content (AvgIpc) is 1.35. The van der Waals surface area contributed by atoms with Crippen LogP contribution in [0.25, 0.3) is 0 Å². The first-order chi connectivity index (χ1) is 2.77. The van der Waals surface area contributed by atoms with Gasteiger partial charge in [-0.1, -0.05) is 19.9 Å². The molecule has 0 radical (unpaired) electrons. The third-order valence-corrected chi connectivity index (χ3v) is 0.385. The standard InChI is InChI=1S/C5H10/c1-4-5(2)3/h4-5H,1H2,2-3H3/i1T. The van der Waals surface area contributed by atoms with Crippen molar-refractivity contribution in [2.75, 3.05) is 0 Å². The molecule has 0 heterocycles. The SMILES string of the molecule is [3H]C=CC(C)C. The van der Waals surface area contributed by atoms with E-state index in [9.17, 15) is 0 Å². The summed E-state index contributed by atoms with van der Waals surface area (Å²) in [6.45, 7) is 5.42. The van der Waals surface area contributed by atoms with Crippen molar-refractivity contribution in [1.29, 1.82) is 0 Å². The second kappa shape index (κ2) is 2.01. The first-order valence-electron chi connectivity index (χ1n) is 2.40. The van der Waals surface area contributed by atoms with Gasteiger partial charge in [-0.3, -0.25) is 0 Å². The molecule has 0 aromatic heterocycles. The van der Waals surface area contributed by atoms with E-state index >= 15 is 0 Å². The van der Waals surface area contributed by atoms with Crippen LogP contribution in [0.2, 0.25) is 0 Å². The van der Waals surface area contributed by atoms with Crippen LogP contribution in [0.4, 0.5) is 0 Å². The molecule has 0 atom stereocenters. The Kier molecular flexibility index (Phi) is 1.18. The lowest BCUT2D eigenvalue weighted by Crippen LogP contribution is -1.71. The minimum Gasteiger partial charge on any atom is -0.103 e. The van der Waals surface area contributed by atoms with Crippen LogP contribution in [0.5, 0.6) is 0 Å². The Labute approximate surface area is 34.9 Å². The lowest BCUT2D eigenvalue weighted by molar-refractivity contribution is 0.835. The van der Waals surface area contributed by atoms with Crippen molar-refractivity contribution in [1.82, 2.24) is 0 Å². The molecule has 0 nitrogen and oxygen atoms in total. The first-order valence-corrected chi connectivity index (χ1v) is 1.82. The molecule has 5 heavy (non-hydrogen) atoms. The van der Waals surface area contributed by atoms with Crippen LogP contribution in [0, 0.1) is 5.92 Å². The lowest BCUT2D eigenvalue weighted by Gasteiger charge is -1.84. The Bertz CT molecular complexity index is 45.9. The number of rotatable bonds is 1. The van der Waals surface area contributed by atoms with E-state index in [1.54, 1.807) is 0 Å². The number of hydrogen-bond donors (Lipinski definition) is 0. The van der Waals surface area contributed by atoms with Crippen LogP contribution >= 0.6 is 0 Å². The second-order valence-corrected chi connectivity index (χ2v) is 1.44. The van der Waals surface area contributed by atoms with E-state index in [0.29, 0.717) is 5.92 Å². The zero-order valence-corrected chi connectivity index (χ0v) is 3.73. The average molecular weight is 72.1 g/mol. The zero-order chi connectivity index (χ0) is 4.99. The normalized spacial score (nSPS) is 13.8. The quantitative estimate of drug-likeness (QED) is 0.414. The topological polar surface area (TPSA) is 0 Å². The van der Waals surface area contributed by atoms with Crippen molar-refractivity contribution in [2.45, 2.75) is 13.8 Å². The van der Waals surface area contributed by atoms with Crippen molar-refractivity contribution in [3.05, 3.63) is 12.6 Å². The van der Waals surface area contributed by atoms with Gasteiger partial charge in [0.2, 0.25) is 0 Å². The van der Waals surface area contributed by atoms with E-state index in [-0.39, 0.29) is 0 Å². The van der Waals surface area contributed by atoms with E-state index in [0.717, 1.165) is 0 Å². The van der Waals surface area contributed by atoms with Gasteiger partial charge >= 0.3 is 0 Å². The molecule has 0 amide bonds. The summed E-state index contributed by atoms with van der Waals surface area (Å²) in [5, 5.41) is 0. The van der Waals surface area contributed by atoms with Gasteiger partial charge in [0.25, 0.3) is 0 Å². The van der Waals surface area contributed by atoms with Gasteiger partial charge in [0, 0.05) is 0 Å². The number of hydrogen-bond acceptors (Lipinski definition) is 0. The fourth-order valence-corrected chi connectivity index (χ4v) is 0. The third-order valence-electron chi connectivity index (χ3n) is 0.385. The van der Waals surface area contributed by atoms with Crippen LogP contribution in [-0.4, -0.2) is 0 Å². The van der Waals surface area contributed by atoms with Crippen LogP contribution < -0.4 is 0 Å². The molecule has 0 saturated carbocycles. The molecular weight excluding hydrogens is 60.1 g/mol. The van der Waals surface area contributed by atoms with Gasteiger partial charge in [-0.25, -0.2) is 0 Å². The van der Waals surface area contributed by atoms with Gasteiger partial charge in [-0.05, 0) is 5.92 Å². The van der Waals surface area contributed by atoms with Crippen LogP contribution in [0.3, 0.4) is 0 Å². The predicted molar refractivity (Wildman–Crippen MR) is 25.0 cm³/mol. The Hall–Kier alpha value is -0.260. The van der Waals surface area contributed by atoms with E-state index < -0.39 is 0 Å². The molecule has 0 spiro atoms. The maximum atomic E-state index is 6.55. The minimum absolute atomic E-state index is 0.530. The highest BCUT2D eigenvalue weighted by Crippen LogP contribution is 1.87. The summed E-state index contributed by atoms with van der Waals surface area (Å²) in [7, 11) is 0. The Balaban J connectivity index is 3.03. The minimum atomic E-state index is 0.530. The van der Waals surface area contributed by atoms with Crippen molar-refractivity contribution >= 4 is 0 Å². The molecule has 0 N–H and O–H groups in total. The molecule has 0 fully saturated rings. The van der Waals surface area contributed by atoms with Gasteiger partial charge in [-0.15, -0.1) is 6.55 Å². The van der Waals surface area contributed by atoms with Crippen molar-refractivity contribution < 1.29 is 1.37 Å². The van der Waals surface area contributed by atoms with E-state index in [1.807, 2.05) is 19.9 Å². The first kappa shape index (κ1) is 2.95. The lowest BCUT2D eigenvalue weighted by atomic mass is 10.2. The predicted octanol–water partition coefficient (Wildman–Crippen LogP) is 1.83. The van der Waals surface area contributed by atoms with E-state index in [1.165, 1.54) is 6.55 Å². The molecule has 0 unspecified atom stereocenters. The molecule has 0 aliphatic rings. The highest BCUT2D eigenvalue weighted by Gasteiger charge is 1.73. The van der Waals surface area contributed by atoms with Crippen molar-refractivity contribution in [3.8, 4) is 0 Å². The summed E-state index contributed by atoms with van der Waals surface area (Å²) < 4.78 is 6.55. The van der Waals surface area contributed by atoms with E-state index in [2.05, 4.69) is 0 Å². The molecule has 30 valence electrons. The maximum Gasteiger partial charge on any atom is 0.0535 e. The summed E-state index contributed by atoms with van der Waals surface area (Å²) in [6.07, 6.45) is 1.83. The molecule has 0 aromatic carbocycles. The van der Waals surface area contributed by atoms with Gasteiger partial charge in [0.05, 0.1) is 1.37 Å². The molecule has 0 aliphatic carbocycles. The molecule has 0 heteroatoms. The second-order valence-electron chi connectivity index (χ2n) is 1.44. The Morgan fingerprint density at radius 1 is 2.00 bits per heavy atom. The third kappa shape index (κ3) is 3.74. The van der Waals surface area contributed by atoms with Crippen molar-refractivity contribution in [3.63, 3.8) is 0 Å². The largest absolute Gasteiger partial charge is 0.103 e. The fraction of sp³-hybridized carbons (Fsp3) is 0.600. The number of allylic oxidation sites excluding steroid dienone is 1. The maximum absolute atomic E-state index is 6.55. The van der Waals surface area contributed by atoms with Crippen molar-refractivity contribution in [2.24, 2.45) is 5.92 Å². The van der Waals surface area contributed by atoms with Crippen LogP contribution in [0.1, 0.15) is 15.2 Å². The van der Waals surface area contributed by atoms with Crippen LogP contribution in [-0.2, 0) is 0 Å².